The SMILES string of the molecule is CC(=O)OC[C@H]1O[C@@H](O[C@@H]2C[C@H](C)CC[C@H]2C(C)C)[C@H](OC(C)=O)[C@@H](OC(C)=O)[C@H]1OC(C)=O. The Hall–Kier alpha value is -2.20. The predicted octanol–water partition coefficient (Wildman–Crippen LogP) is 2.55. The zero-order chi connectivity index (χ0) is 25.6. The van der Waals surface area contributed by atoms with Crippen LogP contribution in [0.25, 0.3) is 0 Å². The third-order valence-corrected chi connectivity index (χ3v) is 6.22. The van der Waals surface area contributed by atoms with Crippen molar-refractivity contribution in [3.8, 4) is 0 Å². The Morgan fingerprint density at radius 1 is 0.824 bits per heavy atom. The first kappa shape index (κ1) is 28.0. The van der Waals surface area contributed by atoms with Crippen molar-refractivity contribution in [1.29, 1.82) is 0 Å². The van der Waals surface area contributed by atoms with Gasteiger partial charge in [0.25, 0.3) is 0 Å². The van der Waals surface area contributed by atoms with Crippen LogP contribution in [0.15, 0.2) is 0 Å². The smallest absolute Gasteiger partial charge is 0.303 e. The second kappa shape index (κ2) is 12.5. The van der Waals surface area contributed by atoms with Crippen LogP contribution in [0, 0.1) is 17.8 Å². The van der Waals surface area contributed by atoms with Crippen molar-refractivity contribution >= 4 is 23.9 Å². The van der Waals surface area contributed by atoms with Crippen LogP contribution in [0.3, 0.4) is 0 Å². The van der Waals surface area contributed by atoms with E-state index in [2.05, 4.69) is 20.8 Å². The number of hydrogen-bond acceptors (Lipinski definition) is 10. The maximum atomic E-state index is 12.0. The minimum absolute atomic E-state index is 0.190. The third kappa shape index (κ3) is 7.94. The van der Waals surface area contributed by atoms with Crippen molar-refractivity contribution in [3.63, 3.8) is 0 Å². The van der Waals surface area contributed by atoms with Gasteiger partial charge < -0.3 is 28.4 Å². The summed E-state index contributed by atoms with van der Waals surface area (Å²) in [5.74, 6) is -1.50. The molecule has 0 aromatic rings. The van der Waals surface area contributed by atoms with Gasteiger partial charge in [0.1, 0.15) is 12.7 Å². The summed E-state index contributed by atoms with van der Waals surface area (Å²) < 4.78 is 34.0. The molecule has 2 aliphatic rings. The zero-order valence-corrected chi connectivity index (χ0v) is 21.1. The number of carbonyl (C=O) groups excluding carboxylic acids is 4. The summed E-state index contributed by atoms with van der Waals surface area (Å²) in [5.41, 5.74) is 0. The Kier molecular flexibility index (Phi) is 10.3. The van der Waals surface area contributed by atoms with E-state index in [1.807, 2.05) is 0 Å². The van der Waals surface area contributed by atoms with Crippen LogP contribution < -0.4 is 0 Å². The maximum Gasteiger partial charge on any atom is 0.303 e. The minimum Gasteiger partial charge on any atom is -0.463 e. The Bertz CT molecular complexity index is 735. The molecular formula is C24H38O10. The molecule has 2 fully saturated rings. The van der Waals surface area contributed by atoms with E-state index in [1.54, 1.807) is 0 Å². The summed E-state index contributed by atoms with van der Waals surface area (Å²) in [6.07, 6.45) is -3.07. The fourth-order valence-corrected chi connectivity index (χ4v) is 4.74. The summed E-state index contributed by atoms with van der Waals surface area (Å²) in [5, 5.41) is 0. The van der Waals surface area contributed by atoms with E-state index in [1.165, 1.54) is 27.7 Å². The van der Waals surface area contributed by atoms with Gasteiger partial charge in [-0.05, 0) is 30.6 Å². The second-order valence-electron chi connectivity index (χ2n) is 9.57. The highest BCUT2D eigenvalue weighted by molar-refractivity contribution is 5.68. The molecule has 0 unspecified atom stereocenters. The van der Waals surface area contributed by atoms with Crippen molar-refractivity contribution in [2.75, 3.05) is 6.61 Å². The standard InChI is InChI=1S/C24H38O10/c1-12(2)18-9-8-13(3)10-19(18)33-24-23(32-17(7)28)22(31-16(6)27)21(30-15(5)26)20(34-24)11-29-14(4)25/h12-13,18-24H,8-11H2,1-7H3/t13-,18+,19-,20-,21+,22+,23-,24-/m1/s1. The predicted molar refractivity (Wildman–Crippen MR) is 118 cm³/mol. The fraction of sp³-hybridized carbons (Fsp3) is 0.833. The van der Waals surface area contributed by atoms with Crippen LogP contribution >= 0.6 is 0 Å². The summed E-state index contributed by atoms with van der Waals surface area (Å²) in [6, 6.07) is 0. The van der Waals surface area contributed by atoms with E-state index in [9.17, 15) is 19.2 Å². The van der Waals surface area contributed by atoms with Crippen molar-refractivity contribution < 1.29 is 47.6 Å². The van der Waals surface area contributed by atoms with Crippen molar-refractivity contribution in [2.24, 2.45) is 17.8 Å². The molecule has 1 aliphatic carbocycles. The van der Waals surface area contributed by atoms with E-state index >= 15 is 0 Å². The molecule has 1 saturated heterocycles. The van der Waals surface area contributed by atoms with Gasteiger partial charge in [0, 0.05) is 27.7 Å². The quantitative estimate of drug-likeness (QED) is 0.373. The molecule has 8 atom stereocenters. The molecule has 10 nitrogen and oxygen atoms in total. The molecule has 34 heavy (non-hydrogen) atoms. The normalized spacial score (nSPS) is 33.6. The molecule has 1 aliphatic heterocycles. The molecule has 0 amide bonds. The average molecular weight is 487 g/mol. The molecule has 0 N–H and O–H groups in total. The highest BCUT2D eigenvalue weighted by Crippen LogP contribution is 2.38. The van der Waals surface area contributed by atoms with Gasteiger partial charge in [-0.25, -0.2) is 0 Å². The molecule has 0 aromatic heterocycles. The average Bonchev–Trinajstić information content (AvgIpc) is 2.69. The summed E-state index contributed by atoms with van der Waals surface area (Å²) in [6.45, 7) is 11.0. The van der Waals surface area contributed by atoms with Crippen LogP contribution in [0.2, 0.25) is 0 Å². The fourth-order valence-electron chi connectivity index (χ4n) is 4.74. The number of rotatable bonds is 8. The molecule has 1 heterocycles. The molecule has 0 aromatic carbocycles. The number of hydrogen-bond donors (Lipinski definition) is 0. The summed E-state index contributed by atoms with van der Waals surface area (Å²) in [4.78, 5) is 47.2. The number of esters is 4. The molecule has 0 radical (unpaired) electrons. The van der Waals surface area contributed by atoms with E-state index in [4.69, 9.17) is 28.4 Å². The summed E-state index contributed by atoms with van der Waals surface area (Å²) in [7, 11) is 0. The van der Waals surface area contributed by atoms with Gasteiger partial charge in [-0.2, -0.15) is 0 Å². The van der Waals surface area contributed by atoms with Gasteiger partial charge >= 0.3 is 23.9 Å². The van der Waals surface area contributed by atoms with E-state index < -0.39 is 54.6 Å². The molecule has 194 valence electrons. The molecule has 0 spiro atoms. The van der Waals surface area contributed by atoms with Gasteiger partial charge in [-0.3, -0.25) is 19.2 Å². The Morgan fingerprint density at radius 2 is 1.38 bits per heavy atom. The lowest BCUT2D eigenvalue weighted by molar-refractivity contribution is -0.323. The number of carbonyl (C=O) groups is 4. The van der Waals surface area contributed by atoms with Crippen LogP contribution in [0.1, 0.15) is 67.7 Å². The molecule has 2 rings (SSSR count). The monoisotopic (exact) mass is 486 g/mol. The Balaban J connectivity index is 2.43. The Morgan fingerprint density at radius 3 is 1.91 bits per heavy atom. The van der Waals surface area contributed by atoms with E-state index in [0.717, 1.165) is 19.3 Å². The first-order chi connectivity index (χ1) is 15.9. The lowest BCUT2D eigenvalue weighted by Gasteiger charge is -2.46. The highest BCUT2D eigenvalue weighted by atomic mass is 16.7. The molecule has 0 bridgehead atoms. The third-order valence-electron chi connectivity index (χ3n) is 6.22. The lowest BCUT2D eigenvalue weighted by Crippen LogP contribution is -2.63. The van der Waals surface area contributed by atoms with Crippen molar-refractivity contribution in [1.82, 2.24) is 0 Å². The van der Waals surface area contributed by atoms with Gasteiger partial charge in [0.2, 0.25) is 0 Å². The first-order valence-electron chi connectivity index (χ1n) is 11.8. The van der Waals surface area contributed by atoms with Gasteiger partial charge in [-0.1, -0.05) is 27.2 Å². The zero-order valence-electron chi connectivity index (χ0n) is 21.1. The van der Waals surface area contributed by atoms with Crippen LogP contribution in [-0.2, 0) is 47.6 Å². The van der Waals surface area contributed by atoms with Gasteiger partial charge in [-0.15, -0.1) is 0 Å². The number of ether oxygens (including phenoxy) is 6. The first-order valence-corrected chi connectivity index (χ1v) is 11.8. The largest absolute Gasteiger partial charge is 0.463 e. The van der Waals surface area contributed by atoms with E-state index in [-0.39, 0.29) is 18.6 Å². The molecule has 10 heteroatoms. The topological polar surface area (TPSA) is 124 Å². The van der Waals surface area contributed by atoms with Crippen molar-refractivity contribution in [3.05, 3.63) is 0 Å². The van der Waals surface area contributed by atoms with E-state index in [0.29, 0.717) is 11.8 Å². The second-order valence-corrected chi connectivity index (χ2v) is 9.57. The Labute approximate surface area is 200 Å². The minimum atomic E-state index is -1.22. The van der Waals surface area contributed by atoms with Gasteiger partial charge in [0.15, 0.2) is 24.6 Å². The maximum absolute atomic E-state index is 12.0. The molecule has 1 saturated carbocycles. The summed E-state index contributed by atoms with van der Waals surface area (Å²) >= 11 is 0. The molecular weight excluding hydrogens is 448 g/mol. The highest BCUT2D eigenvalue weighted by Gasteiger charge is 2.53. The van der Waals surface area contributed by atoms with Gasteiger partial charge in [0.05, 0.1) is 6.10 Å². The lowest BCUT2D eigenvalue weighted by atomic mass is 9.75. The van der Waals surface area contributed by atoms with Crippen LogP contribution in [-0.4, -0.2) is 67.3 Å². The van der Waals surface area contributed by atoms with Crippen LogP contribution in [0.4, 0.5) is 0 Å². The van der Waals surface area contributed by atoms with Crippen molar-refractivity contribution in [2.45, 2.75) is 105 Å². The van der Waals surface area contributed by atoms with Crippen LogP contribution in [0.5, 0.6) is 0 Å².